The molecule has 2 atom stereocenters. The SMILES string of the molecule is CCn1c(=O)[nH]c(=O)c2c(C(=O)NCCCCN3C[C@H](C)C[C@@H](C)C3)cc(C(C)C)nc21. The smallest absolute Gasteiger partial charge is 0.329 e. The van der Waals surface area contributed by atoms with Crippen LogP contribution in [0.1, 0.15) is 75.9 Å². The Balaban J connectivity index is 1.72. The number of hydrogen-bond donors (Lipinski definition) is 2. The van der Waals surface area contributed by atoms with E-state index in [-0.39, 0.29) is 28.4 Å². The quantitative estimate of drug-likeness (QED) is 0.611. The van der Waals surface area contributed by atoms with Gasteiger partial charge < -0.3 is 10.2 Å². The second-order valence-electron chi connectivity index (χ2n) is 9.62. The fourth-order valence-electron chi connectivity index (χ4n) is 4.79. The van der Waals surface area contributed by atoms with Gasteiger partial charge >= 0.3 is 5.69 Å². The monoisotopic (exact) mass is 443 g/mol. The number of hydrogen-bond acceptors (Lipinski definition) is 5. The standard InChI is InChI=1S/C24H37N5O3/c1-6-29-21-20(23(31)27-24(29)32)18(12-19(26-21)15(2)3)22(30)25-9-7-8-10-28-13-16(4)11-17(5)14-28/h12,15-17H,6-11,13-14H2,1-5H3,(H,25,30)(H,27,31,32)/t16-,17-/m1/s1. The number of nitrogens with one attached hydrogen (secondary N) is 2. The molecule has 8 heteroatoms. The first-order valence-corrected chi connectivity index (χ1v) is 11.9. The largest absolute Gasteiger partial charge is 0.352 e. The third-order valence-electron chi connectivity index (χ3n) is 6.25. The van der Waals surface area contributed by atoms with Crippen molar-refractivity contribution in [3.63, 3.8) is 0 Å². The average molecular weight is 444 g/mol. The number of fused-ring (bicyclic) bond motifs is 1. The third kappa shape index (κ3) is 5.46. The number of carbonyl (C=O) groups excluding carboxylic acids is 1. The molecular weight excluding hydrogens is 406 g/mol. The van der Waals surface area contributed by atoms with Crippen molar-refractivity contribution in [2.75, 3.05) is 26.2 Å². The minimum Gasteiger partial charge on any atom is -0.352 e. The van der Waals surface area contributed by atoms with Gasteiger partial charge in [-0.05, 0) is 56.6 Å². The molecule has 0 unspecified atom stereocenters. The van der Waals surface area contributed by atoms with E-state index in [4.69, 9.17) is 0 Å². The summed E-state index contributed by atoms with van der Waals surface area (Å²) in [6.45, 7) is 14.6. The van der Waals surface area contributed by atoms with E-state index in [2.05, 4.69) is 34.0 Å². The number of aromatic nitrogens is 3. The zero-order valence-electron chi connectivity index (χ0n) is 20.0. The lowest BCUT2D eigenvalue weighted by Gasteiger charge is -2.34. The van der Waals surface area contributed by atoms with Gasteiger partial charge in [-0.15, -0.1) is 0 Å². The van der Waals surface area contributed by atoms with Crippen LogP contribution in [-0.4, -0.2) is 51.5 Å². The number of aromatic amines is 1. The van der Waals surface area contributed by atoms with E-state index in [0.717, 1.165) is 44.3 Å². The van der Waals surface area contributed by atoms with Gasteiger partial charge in [0.15, 0.2) is 5.65 Å². The normalized spacial score (nSPS) is 19.6. The van der Waals surface area contributed by atoms with Crippen LogP contribution in [0.15, 0.2) is 15.7 Å². The van der Waals surface area contributed by atoms with Crippen LogP contribution in [0.5, 0.6) is 0 Å². The Hall–Kier alpha value is -2.48. The molecule has 2 aromatic heterocycles. The highest BCUT2D eigenvalue weighted by Gasteiger charge is 2.22. The molecule has 0 saturated carbocycles. The molecule has 0 aliphatic carbocycles. The van der Waals surface area contributed by atoms with Gasteiger partial charge in [0.2, 0.25) is 0 Å². The number of carbonyl (C=O) groups is 1. The van der Waals surface area contributed by atoms with Crippen molar-refractivity contribution in [3.8, 4) is 0 Å². The highest BCUT2D eigenvalue weighted by Crippen LogP contribution is 2.21. The molecule has 0 radical (unpaired) electrons. The van der Waals surface area contributed by atoms with Gasteiger partial charge in [-0.3, -0.25) is 19.1 Å². The molecule has 2 N–H and O–H groups in total. The molecule has 1 saturated heterocycles. The van der Waals surface area contributed by atoms with Crippen LogP contribution in [0.4, 0.5) is 0 Å². The van der Waals surface area contributed by atoms with Crippen LogP contribution < -0.4 is 16.6 Å². The predicted octanol–water partition coefficient (Wildman–Crippen LogP) is 2.72. The minimum absolute atomic E-state index is 0.0555. The Kier molecular flexibility index (Phi) is 7.87. The Morgan fingerprint density at radius 1 is 1.22 bits per heavy atom. The maximum absolute atomic E-state index is 13.0. The average Bonchev–Trinajstić information content (AvgIpc) is 2.72. The zero-order chi connectivity index (χ0) is 23.4. The summed E-state index contributed by atoms with van der Waals surface area (Å²) in [6.07, 6.45) is 3.20. The van der Waals surface area contributed by atoms with E-state index >= 15 is 0 Å². The molecule has 1 fully saturated rings. The van der Waals surface area contributed by atoms with Crippen molar-refractivity contribution in [2.45, 2.75) is 66.3 Å². The van der Waals surface area contributed by atoms with E-state index in [1.54, 1.807) is 6.07 Å². The molecule has 8 nitrogen and oxygen atoms in total. The lowest BCUT2D eigenvalue weighted by molar-refractivity contribution is 0.0953. The maximum atomic E-state index is 13.0. The number of likely N-dealkylation sites (tertiary alicyclic amines) is 1. The molecule has 0 bridgehead atoms. The van der Waals surface area contributed by atoms with Crippen LogP contribution in [0, 0.1) is 11.8 Å². The van der Waals surface area contributed by atoms with Crippen LogP contribution in [-0.2, 0) is 6.54 Å². The number of aryl methyl sites for hydroxylation is 1. The van der Waals surface area contributed by atoms with Gasteiger partial charge in [0.05, 0.1) is 10.9 Å². The first-order chi connectivity index (χ1) is 15.2. The van der Waals surface area contributed by atoms with Crippen molar-refractivity contribution < 1.29 is 4.79 Å². The topological polar surface area (TPSA) is 100 Å². The fraction of sp³-hybridized carbons (Fsp3) is 0.667. The summed E-state index contributed by atoms with van der Waals surface area (Å²) in [4.78, 5) is 47.2. The van der Waals surface area contributed by atoms with Gasteiger partial charge in [-0.2, -0.15) is 0 Å². The van der Waals surface area contributed by atoms with Crippen molar-refractivity contribution in [1.82, 2.24) is 24.8 Å². The summed E-state index contributed by atoms with van der Waals surface area (Å²) in [5.41, 5.74) is 0.150. The maximum Gasteiger partial charge on any atom is 0.329 e. The summed E-state index contributed by atoms with van der Waals surface area (Å²) in [7, 11) is 0. The number of rotatable bonds is 8. The molecule has 0 spiro atoms. The molecule has 32 heavy (non-hydrogen) atoms. The molecule has 1 aliphatic heterocycles. The Bertz CT molecular complexity index is 1060. The second-order valence-corrected chi connectivity index (χ2v) is 9.62. The van der Waals surface area contributed by atoms with E-state index in [0.29, 0.717) is 18.8 Å². The van der Waals surface area contributed by atoms with E-state index in [9.17, 15) is 14.4 Å². The van der Waals surface area contributed by atoms with Crippen molar-refractivity contribution in [2.24, 2.45) is 11.8 Å². The van der Waals surface area contributed by atoms with Gasteiger partial charge in [-0.25, -0.2) is 9.78 Å². The number of pyridine rings is 1. The zero-order valence-corrected chi connectivity index (χ0v) is 20.0. The minimum atomic E-state index is -0.573. The third-order valence-corrected chi connectivity index (χ3v) is 6.25. The molecule has 1 amide bonds. The van der Waals surface area contributed by atoms with Gasteiger partial charge in [0, 0.05) is 31.9 Å². The number of H-pyrrole nitrogens is 1. The van der Waals surface area contributed by atoms with E-state index in [1.165, 1.54) is 11.0 Å². The van der Waals surface area contributed by atoms with Crippen LogP contribution >= 0.6 is 0 Å². The summed E-state index contributed by atoms with van der Waals surface area (Å²) in [6, 6.07) is 1.68. The highest BCUT2D eigenvalue weighted by atomic mass is 16.2. The molecule has 2 aromatic rings. The molecule has 176 valence electrons. The van der Waals surface area contributed by atoms with E-state index < -0.39 is 11.2 Å². The predicted molar refractivity (Wildman–Crippen MR) is 127 cm³/mol. The molecule has 1 aliphatic rings. The fourth-order valence-corrected chi connectivity index (χ4v) is 4.79. The summed E-state index contributed by atoms with van der Waals surface area (Å²) in [5.74, 6) is 1.24. The van der Waals surface area contributed by atoms with Crippen molar-refractivity contribution >= 4 is 16.9 Å². The molecule has 3 heterocycles. The molecular formula is C24H37N5O3. The van der Waals surface area contributed by atoms with Crippen molar-refractivity contribution in [1.29, 1.82) is 0 Å². The van der Waals surface area contributed by atoms with Crippen LogP contribution in [0.25, 0.3) is 11.0 Å². The summed E-state index contributed by atoms with van der Waals surface area (Å²) in [5, 5.41) is 3.14. The summed E-state index contributed by atoms with van der Waals surface area (Å²) >= 11 is 0. The summed E-state index contributed by atoms with van der Waals surface area (Å²) < 4.78 is 1.40. The van der Waals surface area contributed by atoms with Crippen molar-refractivity contribution in [3.05, 3.63) is 38.2 Å². The number of nitrogens with zero attached hydrogens (tertiary/aromatic N) is 3. The number of piperidine rings is 1. The first-order valence-electron chi connectivity index (χ1n) is 11.9. The number of unbranched alkanes of at least 4 members (excludes halogenated alkanes) is 1. The number of amides is 1. The van der Waals surface area contributed by atoms with E-state index in [1.807, 2.05) is 20.8 Å². The Morgan fingerprint density at radius 2 is 1.91 bits per heavy atom. The van der Waals surface area contributed by atoms with Crippen LogP contribution in [0.2, 0.25) is 0 Å². The Morgan fingerprint density at radius 3 is 2.53 bits per heavy atom. The first kappa shape index (κ1) is 24.2. The Labute approximate surface area is 189 Å². The van der Waals surface area contributed by atoms with Gasteiger partial charge in [0.1, 0.15) is 0 Å². The van der Waals surface area contributed by atoms with Crippen LogP contribution in [0.3, 0.4) is 0 Å². The lowest BCUT2D eigenvalue weighted by atomic mass is 9.92. The highest BCUT2D eigenvalue weighted by molar-refractivity contribution is 6.05. The molecule has 0 aromatic carbocycles. The van der Waals surface area contributed by atoms with Gasteiger partial charge in [0.25, 0.3) is 11.5 Å². The van der Waals surface area contributed by atoms with Gasteiger partial charge in [-0.1, -0.05) is 27.7 Å². The molecule has 3 rings (SSSR count). The second kappa shape index (κ2) is 10.4. The lowest BCUT2D eigenvalue weighted by Crippen LogP contribution is -2.39.